The molecule has 2 amide bonds. The summed E-state index contributed by atoms with van der Waals surface area (Å²) in [7, 11) is 0. The van der Waals surface area contributed by atoms with E-state index in [1.807, 2.05) is 58.0 Å². The highest BCUT2D eigenvalue weighted by Crippen LogP contribution is 2.21. The average Bonchev–Trinajstić information content (AvgIpc) is 2.71. The molecule has 3 atom stereocenters. The molecule has 0 fully saturated rings. The van der Waals surface area contributed by atoms with Crippen LogP contribution in [0.1, 0.15) is 66.9 Å². The van der Waals surface area contributed by atoms with Crippen molar-refractivity contribution in [2.45, 2.75) is 85.6 Å². The van der Waals surface area contributed by atoms with Crippen molar-refractivity contribution in [1.29, 1.82) is 0 Å². The van der Waals surface area contributed by atoms with Crippen LogP contribution < -0.4 is 10.6 Å². The number of aliphatic hydroxyl groups is 1. The van der Waals surface area contributed by atoms with Gasteiger partial charge in [-0.25, -0.2) is 4.79 Å². The minimum atomic E-state index is -1.22. The Labute approximate surface area is 197 Å². The van der Waals surface area contributed by atoms with Gasteiger partial charge >= 0.3 is 12.1 Å². The van der Waals surface area contributed by atoms with Gasteiger partial charge in [0, 0.05) is 0 Å². The first kappa shape index (κ1) is 28.4. The van der Waals surface area contributed by atoms with E-state index in [-0.39, 0.29) is 13.2 Å². The topological polar surface area (TPSA) is 114 Å². The van der Waals surface area contributed by atoms with Gasteiger partial charge in [-0.2, -0.15) is 0 Å². The predicted molar refractivity (Wildman–Crippen MR) is 126 cm³/mol. The Morgan fingerprint density at radius 1 is 1.00 bits per heavy atom. The van der Waals surface area contributed by atoms with Crippen molar-refractivity contribution in [1.82, 2.24) is 10.6 Å². The first-order valence-electron chi connectivity index (χ1n) is 11.4. The molecule has 186 valence electrons. The lowest BCUT2D eigenvalue weighted by molar-refractivity contribution is -0.153. The van der Waals surface area contributed by atoms with Gasteiger partial charge in [-0.1, -0.05) is 64.4 Å². The van der Waals surface area contributed by atoms with E-state index in [1.165, 1.54) is 0 Å². The van der Waals surface area contributed by atoms with Crippen molar-refractivity contribution in [2.24, 2.45) is 11.3 Å². The number of esters is 1. The summed E-state index contributed by atoms with van der Waals surface area (Å²) in [6, 6.07) is 7.42. The number of carbonyl (C=O) groups excluding carboxylic acids is 3. The fourth-order valence-corrected chi connectivity index (χ4v) is 3.15. The maximum Gasteiger partial charge on any atom is 0.408 e. The van der Waals surface area contributed by atoms with Crippen LogP contribution in [-0.2, 0) is 25.7 Å². The molecule has 0 aliphatic rings. The van der Waals surface area contributed by atoms with E-state index in [4.69, 9.17) is 9.47 Å². The van der Waals surface area contributed by atoms with Gasteiger partial charge in [0.25, 0.3) is 0 Å². The standard InChI is InChI=1S/C25H40N2O6/c1-8-12-18(22(30)32-16-17-13-10-9-11-14-17)20(27-23(31)33-25(5,6)7)21(29)26-19(15-28)24(2,3)4/h9-11,13-14,18-20,28H,8,12,15-16H2,1-7H3,(H,26,29)(H,27,31)/t18-,19+,20+/m0/s1. The molecular formula is C25H40N2O6. The van der Waals surface area contributed by atoms with Crippen LogP contribution in [0, 0.1) is 11.3 Å². The number of rotatable bonds is 10. The molecule has 0 aliphatic carbocycles. The number of aliphatic hydroxyl groups excluding tert-OH is 1. The number of carbonyl (C=O) groups is 3. The highest BCUT2D eigenvalue weighted by molar-refractivity contribution is 5.91. The van der Waals surface area contributed by atoms with E-state index >= 15 is 0 Å². The number of hydrogen-bond donors (Lipinski definition) is 3. The zero-order valence-electron chi connectivity index (χ0n) is 20.9. The molecule has 0 spiro atoms. The Balaban J connectivity index is 3.14. The summed E-state index contributed by atoms with van der Waals surface area (Å²) in [5.41, 5.74) is -0.400. The normalized spacial score (nSPS) is 14.5. The highest BCUT2D eigenvalue weighted by Gasteiger charge is 2.38. The van der Waals surface area contributed by atoms with Crippen LogP contribution in [0.3, 0.4) is 0 Å². The van der Waals surface area contributed by atoms with E-state index < -0.39 is 47.0 Å². The van der Waals surface area contributed by atoms with Crippen molar-refractivity contribution >= 4 is 18.0 Å². The quantitative estimate of drug-likeness (QED) is 0.456. The SMILES string of the molecule is CCC[C@H](C(=O)OCc1ccccc1)[C@@H](NC(=O)OC(C)(C)C)C(=O)N[C@H](CO)C(C)(C)C. The van der Waals surface area contributed by atoms with Gasteiger partial charge < -0.3 is 25.2 Å². The van der Waals surface area contributed by atoms with Gasteiger partial charge in [0.15, 0.2) is 0 Å². The first-order valence-corrected chi connectivity index (χ1v) is 11.4. The largest absolute Gasteiger partial charge is 0.461 e. The van der Waals surface area contributed by atoms with E-state index in [1.54, 1.807) is 20.8 Å². The average molecular weight is 465 g/mol. The van der Waals surface area contributed by atoms with Gasteiger partial charge in [-0.3, -0.25) is 9.59 Å². The van der Waals surface area contributed by atoms with Crippen LogP contribution in [0.5, 0.6) is 0 Å². The van der Waals surface area contributed by atoms with Crippen molar-refractivity contribution < 1.29 is 29.0 Å². The van der Waals surface area contributed by atoms with Gasteiger partial charge in [0.05, 0.1) is 18.6 Å². The summed E-state index contributed by atoms with van der Waals surface area (Å²) >= 11 is 0. The van der Waals surface area contributed by atoms with Gasteiger partial charge in [0.1, 0.15) is 18.2 Å². The van der Waals surface area contributed by atoms with Crippen molar-refractivity contribution in [3.8, 4) is 0 Å². The Morgan fingerprint density at radius 2 is 1.61 bits per heavy atom. The van der Waals surface area contributed by atoms with Crippen LogP contribution in [0.25, 0.3) is 0 Å². The molecule has 3 N–H and O–H groups in total. The third kappa shape index (κ3) is 10.2. The summed E-state index contributed by atoms with van der Waals surface area (Å²) in [6.07, 6.45) is 0.102. The number of amides is 2. The molecule has 8 heteroatoms. The maximum absolute atomic E-state index is 13.3. The Bertz CT molecular complexity index is 767. The molecule has 33 heavy (non-hydrogen) atoms. The number of alkyl carbamates (subject to hydrolysis) is 1. The molecule has 0 aliphatic heterocycles. The summed E-state index contributed by atoms with van der Waals surface area (Å²) in [5, 5.41) is 15.1. The lowest BCUT2D eigenvalue weighted by Gasteiger charge is -2.33. The van der Waals surface area contributed by atoms with E-state index in [0.29, 0.717) is 12.8 Å². The zero-order valence-corrected chi connectivity index (χ0v) is 20.9. The van der Waals surface area contributed by atoms with Gasteiger partial charge in [0.2, 0.25) is 5.91 Å². The molecule has 1 rings (SSSR count). The fraction of sp³-hybridized carbons (Fsp3) is 0.640. The highest BCUT2D eigenvalue weighted by atomic mass is 16.6. The summed E-state index contributed by atoms with van der Waals surface area (Å²) in [6.45, 7) is 12.4. The molecule has 8 nitrogen and oxygen atoms in total. The van der Waals surface area contributed by atoms with Crippen LogP contribution >= 0.6 is 0 Å². The smallest absolute Gasteiger partial charge is 0.408 e. The molecule has 0 heterocycles. The van der Waals surface area contributed by atoms with Crippen molar-refractivity contribution in [2.75, 3.05) is 6.61 Å². The second kappa shape index (κ2) is 12.6. The van der Waals surface area contributed by atoms with Crippen LogP contribution in [0.4, 0.5) is 4.79 Å². The third-order valence-corrected chi connectivity index (χ3v) is 5.03. The lowest BCUT2D eigenvalue weighted by Crippen LogP contribution is -2.58. The maximum atomic E-state index is 13.3. The van der Waals surface area contributed by atoms with Crippen LogP contribution in [-0.4, -0.2) is 47.4 Å². The second-order valence-electron chi connectivity index (χ2n) is 10.2. The molecule has 0 saturated carbocycles. The van der Waals surface area contributed by atoms with Gasteiger partial charge in [-0.05, 0) is 38.2 Å². The summed E-state index contributed by atoms with van der Waals surface area (Å²) < 4.78 is 10.8. The first-order chi connectivity index (χ1) is 15.3. The van der Waals surface area contributed by atoms with E-state index in [9.17, 15) is 19.5 Å². The fourth-order valence-electron chi connectivity index (χ4n) is 3.15. The summed E-state index contributed by atoms with van der Waals surface area (Å²) in [4.78, 5) is 38.8. The molecule has 1 aromatic rings. The molecule has 0 saturated heterocycles. The molecule has 1 aromatic carbocycles. The van der Waals surface area contributed by atoms with Crippen LogP contribution in [0.15, 0.2) is 30.3 Å². The molecular weight excluding hydrogens is 424 g/mol. The minimum absolute atomic E-state index is 0.0575. The monoisotopic (exact) mass is 464 g/mol. The predicted octanol–water partition coefficient (Wildman–Crippen LogP) is 3.56. The van der Waals surface area contributed by atoms with Crippen molar-refractivity contribution in [3.05, 3.63) is 35.9 Å². The van der Waals surface area contributed by atoms with E-state index in [0.717, 1.165) is 5.56 Å². The Kier molecular flexibility index (Phi) is 10.8. The Hall–Kier alpha value is -2.61. The molecule has 0 bridgehead atoms. The minimum Gasteiger partial charge on any atom is -0.461 e. The molecule has 0 radical (unpaired) electrons. The van der Waals surface area contributed by atoms with E-state index in [2.05, 4.69) is 10.6 Å². The number of benzene rings is 1. The van der Waals surface area contributed by atoms with Gasteiger partial charge in [-0.15, -0.1) is 0 Å². The Morgan fingerprint density at radius 3 is 2.09 bits per heavy atom. The zero-order chi connectivity index (χ0) is 25.2. The number of nitrogens with one attached hydrogen (secondary N) is 2. The molecule has 0 unspecified atom stereocenters. The second-order valence-corrected chi connectivity index (χ2v) is 10.2. The number of ether oxygens (including phenoxy) is 2. The van der Waals surface area contributed by atoms with Crippen molar-refractivity contribution in [3.63, 3.8) is 0 Å². The number of hydrogen-bond acceptors (Lipinski definition) is 6. The summed E-state index contributed by atoms with van der Waals surface area (Å²) in [5.74, 6) is -2.09. The van der Waals surface area contributed by atoms with Crippen LogP contribution in [0.2, 0.25) is 0 Å². The lowest BCUT2D eigenvalue weighted by atomic mass is 9.86. The third-order valence-electron chi connectivity index (χ3n) is 5.03. The molecule has 0 aromatic heterocycles.